The van der Waals surface area contributed by atoms with Crippen LogP contribution in [0, 0.1) is 0 Å². The smallest absolute Gasteiger partial charge is 0.146 e. The number of hydrogen-bond donors (Lipinski definition) is 2. The minimum atomic E-state index is -1.21. The Balaban J connectivity index is 2.52. The van der Waals surface area contributed by atoms with Crippen LogP contribution in [0.4, 0.5) is 0 Å². The molecule has 0 aliphatic carbocycles. The summed E-state index contributed by atoms with van der Waals surface area (Å²) in [6, 6.07) is 7.30. The first kappa shape index (κ1) is 7.58. The van der Waals surface area contributed by atoms with Gasteiger partial charge in [-0.25, -0.2) is 0 Å². The third-order valence-electron chi connectivity index (χ3n) is 2.09. The molecule has 1 unspecified atom stereocenters. The van der Waals surface area contributed by atoms with Gasteiger partial charge in [0.25, 0.3) is 0 Å². The second-order valence-corrected chi connectivity index (χ2v) is 3.02. The van der Waals surface area contributed by atoms with Crippen LogP contribution in [0.25, 0.3) is 0 Å². The van der Waals surface area contributed by atoms with Gasteiger partial charge in [0.05, 0.1) is 6.61 Å². The Hall–Kier alpha value is -1.06. The Kier molecular flexibility index (Phi) is 1.56. The van der Waals surface area contributed by atoms with E-state index in [0.29, 0.717) is 24.3 Å². The van der Waals surface area contributed by atoms with Gasteiger partial charge in [0.1, 0.15) is 11.5 Å². The van der Waals surface area contributed by atoms with Crippen molar-refractivity contribution in [2.24, 2.45) is 5.73 Å². The predicted octanol–water partition coefficient (Wildman–Crippen LogP) is 0.573. The Morgan fingerprint density at radius 2 is 2.17 bits per heavy atom. The molecule has 0 radical (unpaired) electrons. The molecule has 0 amide bonds. The van der Waals surface area contributed by atoms with E-state index in [4.69, 9.17) is 10.5 Å². The van der Waals surface area contributed by atoms with E-state index in [1.807, 2.05) is 18.2 Å². The molecule has 0 fully saturated rings. The molecule has 0 saturated carbocycles. The summed E-state index contributed by atoms with van der Waals surface area (Å²) in [6.45, 7) is 0.476. The van der Waals surface area contributed by atoms with Gasteiger partial charge in [0.2, 0.25) is 0 Å². The summed E-state index contributed by atoms with van der Waals surface area (Å²) in [5.41, 5.74) is 5.13. The molecule has 1 aromatic carbocycles. The SMILES string of the molecule is NC1(O)CCOc2ccccc21. The molecule has 64 valence electrons. The van der Waals surface area contributed by atoms with Gasteiger partial charge in [-0.3, -0.25) is 5.73 Å². The van der Waals surface area contributed by atoms with Crippen LogP contribution >= 0.6 is 0 Å². The number of benzene rings is 1. The van der Waals surface area contributed by atoms with Crippen molar-refractivity contribution >= 4 is 0 Å². The molecule has 1 atom stereocenters. The lowest BCUT2D eigenvalue weighted by Crippen LogP contribution is -2.41. The van der Waals surface area contributed by atoms with Gasteiger partial charge in [-0.05, 0) is 6.07 Å². The fourth-order valence-electron chi connectivity index (χ4n) is 1.40. The molecule has 0 spiro atoms. The van der Waals surface area contributed by atoms with E-state index in [2.05, 4.69) is 0 Å². The van der Waals surface area contributed by atoms with Crippen LogP contribution in [0.2, 0.25) is 0 Å². The highest BCUT2D eigenvalue weighted by Crippen LogP contribution is 2.32. The number of para-hydroxylation sites is 1. The molecule has 0 aromatic heterocycles. The second kappa shape index (κ2) is 2.47. The number of nitrogens with two attached hydrogens (primary N) is 1. The van der Waals surface area contributed by atoms with Crippen molar-refractivity contribution in [3.63, 3.8) is 0 Å². The summed E-state index contributed by atoms with van der Waals surface area (Å²) in [7, 11) is 0. The largest absolute Gasteiger partial charge is 0.493 e. The van der Waals surface area contributed by atoms with E-state index in [1.165, 1.54) is 0 Å². The maximum atomic E-state index is 9.72. The topological polar surface area (TPSA) is 55.5 Å². The fourth-order valence-corrected chi connectivity index (χ4v) is 1.40. The third-order valence-corrected chi connectivity index (χ3v) is 2.09. The monoisotopic (exact) mass is 165 g/mol. The number of ether oxygens (including phenoxy) is 1. The molecule has 2 rings (SSSR count). The third kappa shape index (κ3) is 1.07. The van der Waals surface area contributed by atoms with Crippen molar-refractivity contribution in [1.29, 1.82) is 0 Å². The normalized spacial score (nSPS) is 27.5. The Labute approximate surface area is 70.8 Å². The number of hydrogen-bond acceptors (Lipinski definition) is 3. The Morgan fingerprint density at radius 1 is 1.42 bits per heavy atom. The van der Waals surface area contributed by atoms with Crippen LogP contribution in [0.3, 0.4) is 0 Å². The quantitative estimate of drug-likeness (QED) is 0.553. The van der Waals surface area contributed by atoms with E-state index in [-0.39, 0.29) is 0 Å². The summed E-state index contributed by atoms with van der Waals surface area (Å²) in [6.07, 6.45) is 0.448. The standard InChI is InChI=1S/C9H11NO2/c10-9(11)5-6-12-8-4-2-1-3-7(8)9/h1-4,11H,5-6,10H2. The van der Waals surface area contributed by atoms with Crippen LogP contribution in [0.5, 0.6) is 5.75 Å². The highest BCUT2D eigenvalue weighted by molar-refractivity contribution is 5.38. The fraction of sp³-hybridized carbons (Fsp3) is 0.333. The highest BCUT2D eigenvalue weighted by Gasteiger charge is 2.30. The second-order valence-electron chi connectivity index (χ2n) is 3.02. The maximum absolute atomic E-state index is 9.72. The Bertz CT molecular complexity index is 296. The molecule has 0 bridgehead atoms. The van der Waals surface area contributed by atoms with Gasteiger partial charge in [-0.1, -0.05) is 18.2 Å². The lowest BCUT2D eigenvalue weighted by molar-refractivity contribution is 0.00293. The average Bonchev–Trinajstić information content (AvgIpc) is 2.04. The molecular weight excluding hydrogens is 154 g/mol. The molecule has 1 aliphatic heterocycles. The summed E-state index contributed by atoms with van der Waals surface area (Å²) in [5, 5.41) is 9.72. The van der Waals surface area contributed by atoms with Gasteiger partial charge in [0.15, 0.2) is 0 Å². The summed E-state index contributed by atoms with van der Waals surface area (Å²) in [5.74, 6) is 0.689. The summed E-state index contributed by atoms with van der Waals surface area (Å²) < 4.78 is 5.32. The zero-order valence-corrected chi connectivity index (χ0v) is 6.66. The first-order chi connectivity index (χ1) is 5.70. The lowest BCUT2D eigenvalue weighted by atomic mass is 9.98. The average molecular weight is 165 g/mol. The molecule has 1 aliphatic rings. The van der Waals surface area contributed by atoms with Crippen LogP contribution in [-0.4, -0.2) is 11.7 Å². The minimum Gasteiger partial charge on any atom is -0.493 e. The summed E-state index contributed by atoms with van der Waals surface area (Å²) in [4.78, 5) is 0. The first-order valence-corrected chi connectivity index (χ1v) is 3.94. The molecule has 1 heterocycles. The van der Waals surface area contributed by atoms with E-state index >= 15 is 0 Å². The van der Waals surface area contributed by atoms with Gasteiger partial charge in [-0.15, -0.1) is 0 Å². The molecule has 12 heavy (non-hydrogen) atoms. The number of rotatable bonds is 0. The molecule has 3 N–H and O–H groups in total. The molecular formula is C9H11NO2. The maximum Gasteiger partial charge on any atom is 0.146 e. The van der Waals surface area contributed by atoms with Crippen molar-refractivity contribution < 1.29 is 9.84 Å². The van der Waals surface area contributed by atoms with Gasteiger partial charge in [-0.2, -0.15) is 0 Å². The van der Waals surface area contributed by atoms with E-state index < -0.39 is 5.72 Å². The Morgan fingerprint density at radius 3 is 2.92 bits per heavy atom. The first-order valence-electron chi connectivity index (χ1n) is 3.94. The van der Waals surface area contributed by atoms with Gasteiger partial charge in [0, 0.05) is 12.0 Å². The number of aliphatic hydroxyl groups is 1. The molecule has 3 heteroatoms. The van der Waals surface area contributed by atoms with Crippen LogP contribution < -0.4 is 10.5 Å². The lowest BCUT2D eigenvalue weighted by Gasteiger charge is -2.30. The molecule has 0 saturated heterocycles. The van der Waals surface area contributed by atoms with Crippen molar-refractivity contribution in [2.45, 2.75) is 12.1 Å². The van der Waals surface area contributed by atoms with Gasteiger partial charge >= 0.3 is 0 Å². The molecule has 1 aromatic rings. The van der Waals surface area contributed by atoms with Crippen LogP contribution in [0.1, 0.15) is 12.0 Å². The van der Waals surface area contributed by atoms with Crippen molar-refractivity contribution in [1.82, 2.24) is 0 Å². The highest BCUT2D eigenvalue weighted by atomic mass is 16.5. The van der Waals surface area contributed by atoms with Crippen molar-refractivity contribution in [3.05, 3.63) is 29.8 Å². The van der Waals surface area contributed by atoms with Crippen LogP contribution in [0.15, 0.2) is 24.3 Å². The summed E-state index contributed by atoms with van der Waals surface area (Å²) >= 11 is 0. The van der Waals surface area contributed by atoms with Crippen molar-refractivity contribution in [3.8, 4) is 5.75 Å². The zero-order valence-electron chi connectivity index (χ0n) is 6.66. The predicted molar refractivity (Wildman–Crippen MR) is 44.6 cm³/mol. The van der Waals surface area contributed by atoms with E-state index in [9.17, 15) is 5.11 Å². The number of fused-ring (bicyclic) bond motifs is 1. The molecule has 3 nitrogen and oxygen atoms in total. The van der Waals surface area contributed by atoms with E-state index in [0.717, 1.165) is 0 Å². The van der Waals surface area contributed by atoms with Crippen molar-refractivity contribution in [2.75, 3.05) is 6.61 Å². The van der Waals surface area contributed by atoms with E-state index in [1.54, 1.807) is 6.07 Å². The minimum absolute atomic E-state index is 0.448. The van der Waals surface area contributed by atoms with Crippen LogP contribution in [-0.2, 0) is 5.72 Å². The van der Waals surface area contributed by atoms with Gasteiger partial charge < -0.3 is 9.84 Å². The zero-order chi connectivity index (χ0) is 8.60.